The molecule has 0 aliphatic carbocycles. The second kappa shape index (κ2) is 8.50. The minimum absolute atomic E-state index is 0.114. The molecule has 0 bridgehead atoms. The Morgan fingerprint density at radius 1 is 1.30 bits per heavy atom. The first-order chi connectivity index (χ1) is 11.1. The Hall–Kier alpha value is -2.11. The lowest BCUT2D eigenvalue weighted by Gasteiger charge is -2.19. The quantitative estimate of drug-likeness (QED) is 0.763. The fourth-order valence-electron chi connectivity index (χ4n) is 2.09. The number of benzene rings is 1. The van der Waals surface area contributed by atoms with Crippen molar-refractivity contribution in [3.8, 4) is 5.88 Å². The average molecular weight is 334 g/mol. The number of amides is 1. The highest BCUT2D eigenvalue weighted by Gasteiger charge is 2.21. The van der Waals surface area contributed by atoms with Crippen molar-refractivity contribution in [3.63, 3.8) is 0 Å². The van der Waals surface area contributed by atoms with Gasteiger partial charge in [-0.1, -0.05) is 48.9 Å². The van der Waals surface area contributed by atoms with E-state index >= 15 is 0 Å². The fraction of sp³-hybridized carbons (Fsp3) is 0.294. The van der Waals surface area contributed by atoms with E-state index in [0.29, 0.717) is 17.4 Å². The highest BCUT2D eigenvalue weighted by Crippen LogP contribution is 2.20. The molecule has 6 heteroatoms. The molecule has 0 fully saturated rings. The average Bonchev–Trinajstić information content (AvgIpc) is 2.59. The zero-order valence-corrected chi connectivity index (χ0v) is 13.7. The lowest BCUT2D eigenvalue weighted by atomic mass is 9.95. The van der Waals surface area contributed by atoms with Gasteiger partial charge in [0.25, 0.3) is 0 Å². The molecular weight excluding hydrogens is 314 g/mol. The maximum Gasteiger partial charge on any atom is 0.232 e. The maximum absolute atomic E-state index is 12.1. The molecule has 0 radical (unpaired) electrons. The largest absolute Gasteiger partial charge is 0.475 e. The van der Waals surface area contributed by atoms with Crippen molar-refractivity contribution >= 4 is 17.5 Å². The first-order valence-electron chi connectivity index (χ1n) is 7.41. The second-order valence-electron chi connectivity index (χ2n) is 5.16. The third-order valence-electron chi connectivity index (χ3n) is 3.50. The standard InChI is InChI=1S/C17H20ClN3O2/c1-12(15(19)13-6-3-2-4-7-13)16(22)20-10-11-23-17-14(18)8-5-9-21-17/h2-9,12,15H,10-11,19H2,1H3,(H,20,22). The van der Waals surface area contributed by atoms with Crippen LogP contribution in [-0.2, 0) is 4.79 Å². The van der Waals surface area contributed by atoms with Gasteiger partial charge in [0.2, 0.25) is 11.8 Å². The summed E-state index contributed by atoms with van der Waals surface area (Å²) in [6.45, 7) is 2.46. The van der Waals surface area contributed by atoms with Crippen LogP contribution in [0, 0.1) is 5.92 Å². The van der Waals surface area contributed by atoms with E-state index in [1.807, 2.05) is 37.3 Å². The van der Waals surface area contributed by atoms with Gasteiger partial charge in [-0.2, -0.15) is 0 Å². The molecular formula is C17H20ClN3O2. The van der Waals surface area contributed by atoms with Crippen molar-refractivity contribution in [2.75, 3.05) is 13.2 Å². The summed E-state index contributed by atoms with van der Waals surface area (Å²) in [5, 5.41) is 3.25. The minimum Gasteiger partial charge on any atom is -0.475 e. The van der Waals surface area contributed by atoms with Gasteiger partial charge in [-0.05, 0) is 17.7 Å². The molecule has 3 N–H and O–H groups in total. The molecule has 5 nitrogen and oxygen atoms in total. The van der Waals surface area contributed by atoms with Crippen molar-refractivity contribution in [2.24, 2.45) is 11.7 Å². The summed E-state index contributed by atoms with van der Waals surface area (Å²) in [7, 11) is 0. The van der Waals surface area contributed by atoms with E-state index in [9.17, 15) is 4.79 Å². The van der Waals surface area contributed by atoms with Gasteiger partial charge in [0.1, 0.15) is 11.6 Å². The first kappa shape index (κ1) is 17.2. The van der Waals surface area contributed by atoms with E-state index in [-0.39, 0.29) is 24.5 Å². The number of aromatic nitrogens is 1. The normalized spacial score (nSPS) is 13.2. The molecule has 2 aromatic rings. The van der Waals surface area contributed by atoms with Gasteiger partial charge in [-0.15, -0.1) is 0 Å². The summed E-state index contributed by atoms with van der Waals surface area (Å²) in [5.41, 5.74) is 7.07. The van der Waals surface area contributed by atoms with E-state index < -0.39 is 0 Å². The summed E-state index contributed by atoms with van der Waals surface area (Å²) in [6, 6.07) is 12.6. The van der Waals surface area contributed by atoms with Crippen LogP contribution in [0.15, 0.2) is 48.7 Å². The zero-order valence-electron chi connectivity index (χ0n) is 12.9. The summed E-state index contributed by atoms with van der Waals surface area (Å²) in [6.07, 6.45) is 1.60. The van der Waals surface area contributed by atoms with Crippen LogP contribution in [-0.4, -0.2) is 24.0 Å². The molecule has 0 saturated carbocycles. The molecule has 1 amide bonds. The highest BCUT2D eigenvalue weighted by molar-refractivity contribution is 6.31. The molecule has 0 spiro atoms. The molecule has 0 aliphatic rings. The summed E-state index contributed by atoms with van der Waals surface area (Å²) < 4.78 is 5.42. The second-order valence-corrected chi connectivity index (χ2v) is 5.56. The predicted octanol–water partition coefficient (Wildman–Crippen LogP) is 2.57. The number of nitrogens with zero attached hydrogens (tertiary/aromatic N) is 1. The van der Waals surface area contributed by atoms with Crippen LogP contribution in [0.2, 0.25) is 5.02 Å². The van der Waals surface area contributed by atoms with Gasteiger partial charge >= 0.3 is 0 Å². The monoisotopic (exact) mass is 333 g/mol. The van der Waals surface area contributed by atoms with Crippen molar-refractivity contribution in [1.29, 1.82) is 0 Å². The molecule has 1 heterocycles. The van der Waals surface area contributed by atoms with E-state index in [4.69, 9.17) is 22.1 Å². The Bertz CT molecular complexity index is 637. The topological polar surface area (TPSA) is 77.2 Å². The minimum atomic E-state index is -0.345. The number of nitrogens with one attached hydrogen (secondary N) is 1. The zero-order chi connectivity index (χ0) is 16.7. The van der Waals surface area contributed by atoms with Crippen molar-refractivity contribution < 1.29 is 9.53 Å². The van der Waals surface area contributed by atoms with Crippen LogP contribution >= 0.6 is 11.6 Å². The number of carbonyl (C=O) groups is 1. The number of hydrogen-bond acceptors (Lipinski definition) is 4. The van der Waals surface area contributed by atoms with E-state index in [0.717, 1.165) is 5.56 Å². The fourth-order valence-corrected chi connectivity index (χ4v) is 2.26. The molecule has 0 aliphatic heterocycles. The van der Waals surface area contributed by atoms with Crippen molar-refractivity contribution in [2.45, 2.75) is 13.0 Å². The number of nitrogens with two attached hydrogens (primary N) is 1. The lowest BCUT2D eigenvalue weighted by Crippen LogP contribution is -2.37. The van der Waals surface area contributed by atoms with Gasteiger partial charge in [-0.3, -0.25) is 4.79 Å². The number of hydrogen-bond donors (Lipinski definition) is 2. The van der Waals surface area contributed by atoms with Crippen LogP contribution < -0.4 is 15.8 Å². The summed E-state index contributed by atoms with van der Waals surface area (Å²) in [4.78, 5) is 16.2. The third kappa shape index (κ3) is 4.94. The van der Waals surface area contributed by atoms with Gasteiger partial charge in [0.15, 0.2) is 0 Å². The van der Waals surface area contributed by atoms with Crippen LogP contribution in [0.25, 0.3) is 0 Å². The number of carbonyl (C=O) groups excluding carboxylic acids is 1. The van der Waals surface area contributed by atoms with E-state index in [2.05, 4.69) is 10.3 Å². The Labute approximate surface area is 140 Å². The third-order valence-corrected chi connectivity index (χ3v) is 3.79. The van der Waals surface area contributed by atoms with E-state index in [1.165, 1.54) is 0 Å². The van der Waals surface area contributed by atoms with Crippen LogP contribution in [0.4, 0.5) is 0 Å². The SMILES string of the molecule is CC(C(=O)NCCOc1ncccc1Cl)C(N)c1ccccc1. The number of halogens is 1. The smallest absolute Gasteiger partial charge is 0.232 e. The Morgan fingerprint density at radius 3 is 2.74 bits per heavy atom. The van der Waals surface area contributed by atoms with Crippen LogP contribution in [0.1, 0.15) is 18.5 Å². The Balaban J connectivity index is 1.77. The Kier molecular flexibility index (Phi) is 6.38. The summed E-state index contributed by atoms with van der Waals surface area (Å²) in [5.74, 6) is -0.0923. The molecule has 2 rings (SSSR count). The van der Waals surface area contributed by atoms with E-state index in [1.54, 1.807) is 18.3 Å². The van der Waals surface area contributed by atoms with Crippen molar-refractivity contribution in [1.82, 2.24) is 10.3 Å². The summed E-state index contributed by atoms with van der Waals surface area (Å²) >= 11 is 5.93. The van der Waals surface area contributed by atoms with Gasteiger partial charge in [-0.25, -0.2) is 4.98 Å². The lowest BCUT2D eigenvalue weighted by molar-refractivity contribution is -0.125. The molecule has 2 atom stereocenters. The van der Waals surface area contributed by atoms with Crippen molar-refractivity contribution in [3.05, 3.63) is 59.2 Å². The number of rotatable bonds is 7. The molecule has 1 aromatic carbocycles. The predicted molar refractivity (Wildman–Crippen MR) is 90.3 cm³/mol. The van der Waals surface area contributed by atoms with Crippen LogP contribution in [0.5, 0.6) is 5.88 Å². The molecule has 2 unspecified atom stereocenters. The Morgan fingerprint density at radius 2 is 2.04 bits per heavy atom. The molecule has 23 heavy (non-hydrogen) atoms. The first-order valence-corrected chi connectivity index (χ1v) is 7.79. The van der Waals surface area contributed by atoms with Gasteiger partial charge in [0.05, 0.1) is 12.5 Å². The maximum atomic E-state index is 12.1. The molecule has 0 saturated heterocycles. The highest BCUT2D eigenvalue weighted by atomic mass is 35.5. The number of pyridine rings is 1. The molecule has 1 aromatic heterocycles. The van der Waals surface area contributed by atoms with Crippen LogP contribution in [0.3, 0.4) is 0 Å². The van der Waals surface area contributed by atoms with Gasteiger partial charge < -0.3 is 15.8 Å². The van der Waals surface area contributed by atoms with Gasteiger partial charge in [0, 0.05) is 12.2 Å². The molecule has 122 valence electrons. The number of ether oxygens (including phenoxy) is 1.